The summed E-state index contributed by atoms with van der Waals surface area (Å²) in [6.45, 7) is 8.88. The minimum absolute atomic E-state index is 0.653. The average Bonchev–Trinajstić information content (AvgIpc) is 2.32. The summed E-state index contributed by atoms with van der Waals surface area (Å²) in [5.41, 5.74) is 2.34. The molecule has 0 spiro atoms. The van der Waals surface area contributed by atoms with E-state index in [1.165, 1.54) is 5.56 Å². The van der Waals surface area contributed by atoms with E-state index in [1.54, 1.807) is 13.2 Å². The molecule has 0 bridgehead atoms. The average molecular weight is 219 g/mol. The molecule has 0 heterocycles. The highest BCUT2D eigenvalue weighted by Gasteiger charge is 1.93. The van der Waals surface area contributed by atoms with Gasteiger partial charge in [0.2, 0.25) is 0 Å². The van der Waals surface area contributed by atoms with Gasteiger partial charge in [0.15, 0.2) is 0 Å². The van der Waals surface area contributed by atoms with Crippen LogP contribution in [-0.4, -0.2) is 27.3 Å². The van der Waals surface area contributed by atoms with Crippen molar-refractivity contribution in [2.75, 3.05) is 27.3 Å². The molecule has 2 heteroatoms. The second-order valence-electron chi connectivity index (χ2n) is 3.24. The normalized spacial score (nSPS) is 8.88. The predicted octanol–water partition coefficient (Wildman–Crippen LogP) is 2.74. The van der Waals surface area contributed by atoms with Crippen molar-refractivity contribution in [3.8, 4) is 0 Å². The minimum Gasteiger partial charge on any atom is -0.381 e. The van der Waals surface area contributed by atoms with Crippen LogP contribution in [0.1, 0.15) is 5.56 Å². The van der Waals surface area contributed by atoms with Crippen molar-refractivity contribution in [3.63, 3.8) is 0 Å². The maximum Gasteiger partial charge on any atom is 0.0641 e. The van der Waals surface area contributed by atoms with Crippen molar-refractivity contribution >= 4 is 5.57 Å². The number of benzene rings is 1. The number of likely N-dealkylation sites (N-methyl/N-ethyl adjacent to an activating group) is 1. The van der Waals surface area contributed by atoms with Crippen molar-refractivity contribution in [2.45, 2.75) is 0 Å². The van der Waals surface area contributed by atoms with Crippen LogP contribution in [0.15, 0.2) is 49.6 Å². The van der Waals surface area contributed by atoms with E-state index in [0.717, 1.165) is 12.1 Å². The van der Waals surface area contributed by atoms with Gasteiger partial charge < -0.3 is 10.1 Å². The van der Waals surface area contributed by atoms with Crippen LogP contribution < -0.4 is 5.32 Å². The van der Waals surface area contributed by atoms with Gasteiger partial charge >= 0.3 is 0 Å². The molecule has 0 radical (unpaired) electrons. The predicted molar refractivity (Wildman–Crippen MR) is 71.5 cm³/mol. The maximum atomic E-state index is 4.57. The minimum atomic E-state index is 0.653. The number of nitrogens with one attached hydrogen (secondary N) is 1. The van der Waals surface area contributed by atoms with Crippen LogP contribution in [0.2, 0.25) is 0 Å². The summed E-state index contributed by atoms with van der Waals surface area (Å²) in [7, 11) is 3.57. The molecule has 1 aromatic carbocycles. The molecule has 0 amide bonds. The number of methoxy groups -OCH3 is 1. The summed E-state index contributed by atoms with van der Waals surface area (Å²) in [5.74, 6) is 0. The molecule has 0 aliphatic carbocycles. The van der Waals surface area contributed by atoms with Crippen molar-refractivity contribution in [1.82, 2.24) is 5.32 Å². The standard InChI is InChI=1S/C10H13N.C4H8O/c1-9(8-11-2)10-6-4-3-5-7-10;1-3-4-5-2/h3-7,11H,1,8H2,2H3;3H,1,4H2,2H3. The summed E-state index contributed by atoms with van der Waals surface area (Å²) >= 11 is 0. The lowest BCUT2D eigenvalue weighted by Crippen LogP contribution is -2.08. The molecule has 0 fully saturated rings. The smallest absolute Gasteiger partial charge is 0.0641 e. The molecule has 0 aliphatic heterocycles. The number of hydrogen-bond acceptors (Lipinski definition) is 2. The van der Waals surface area contributed by atoms with Gasteiger partial charge in [-0.05, 0) is 18.2 Å². The summed E-state index contributed by atoms with van der Waals surface area (Å²) in [6, 6.07) is 10.2. The van der Waals surface area contributed by atoms with E-state index >= 15 is 0 Å². The Morgan fingerprint density at radius 1 is 1.38 bits per heavy atom. The van der Waals surface area contributed by atoms with Crippen molar-refractivity contribution < 1.29 is 4.74 Å². The zero-order chi connectivity index (χ0) is 12.2. The lowest BCUT2D eigenvalue weighted by Gasteiger charge is -2.03. The molecule has 16 heavy (non-hydrogen) atoms. The fourth-order valence-electron chi connectivity index (χ4n) is 1.11. The van der Waals surface area contributed by atoms with E-state index < -0.39 is 0 Å². The van der Waals surface area contributed by atoms with Gasteiger partial charge in [-0.25, -0.2) is 0 Å². The molecule has 0 saturated heterocycles. The molecule has 0 aromatic heterocycles. The van der Waals surface area contributed by atoms with Gasteiger partial charge in [-0.2, -0.15) is 0 Å². The SMILES string of the molecule is C=C(CNC)c1ccccc1.C=CCOC. The Bertz CT molecular complexity index is 293. The summed E-state index contributed by atoms with van der Waals surface area (Å²) < 4.78 is 4.57. The fourth-order valence-corrected chi connectivity index (χ4v) is 1.11. The highest BCUT2D eigenvalue weighted by molar-refractivity contribution is 5.64. The third kappa shape index (κ3) is 6.98. The third-order valence-corrected chi connectivity index (χ3v) is 1.86. The highest BCUT2D eigenvalue weighted by Crippen LogP contribution is 2.09. The van der Waals surface area contributed by atoms with Gasteiger partial charge in [0, 0.05) is 13.7 Å². The molecule has 2 nitrogen and oxygen atoms in total. The Hall–Kier alpha value is -1.38. The van der Waals surface area contributed by atoms with Crippen LogP contribution in [0.3, 0.4) is 0 Å². The Morgan fingerprint density at radius 2 is 2.00 bits per heavy atom. The van der Waals surface area contributed by atoms with E-state index in [1.807, 2.05) is 25.2 Å². The van der Waals surface area contributed by atoms with Crippen LogP contribution in [0, 0.1) is 0 Å². The van der Waals surface area contributed by atoms with Gasteiger partial charge in [0.1, 0.15) is 0 Å². The van der Waals surface area contributed by atoms with Crippen LogP contribution in [0.25, 0.3) is 5.57 Å². The summed E-state index contributed by atoms with van der Waals surface area (Å²) in [6.07, 6.45) is 1.71. The van der Waals surface area contributed by atoms with E-state index in [0.29, 0.717) is 6.61 Å². The Balaban J connectivity index is 0.000000385. The number of ether oxygens (including phenoxy) is 1. The fraction of sp³-hybridized carbons (Fsp3) is 0.286. The van der Waals surface area contributed by atoms with Crippen LogP contribution in [-0.2, 0) is 4.74 Å². The van der Waals surface area contributed by atoms with Crippen LogP contribution in [0.4, 0.5) is 0 Å². The highest BCUT2D eigenvalue weighted by atomic mass is 16.5. The lowest BCUT2D eigenvalue weighted by molar-refractivity contribution is 0.234. The van der Waals surface area contributed by atoms with E-state index in [4.69, 9.17) is 0 Å². The van der Waals surface area contributed by atoms with Crippen LogP contribution in [0.5, 0.6) is 0 Å². The molecular formula is C14H21NO. The molecule has 1 aromatic rings. The first-order chi connectivity index (χ1) is 7.76. The molecule has 0 atom stereocenters. The van der Waals surface area contributed by atoms with Crippen molar-refractivity contribution in [1.29, 1.82) is 0 Å². The second-order valence-corrected chi connectivity index (χ2v) is 3.24. The maximum absolute atomic E-state index is 4.57. The van der Waals surface area contributed by atoms with Gasteiger partial charge in [-0.3, -0.25) is 0 Å². The molecule has 1 rings (SSSR count). The zero-order valence-electron chi connectivity index (χ0n) is 10.2. The van der Waals surface area contributed by atoms with Gasteiger partial charge in [0.05, 0.1) is 6.61 Å². The summed E-state index contributed by atoms with van der Waals surface area (Å²) in [5, 5.41) is 3.07. The molecule has 0 unspecified atom stereocenters. The Labute approximate surface area is 98.6 Å². The van der Waals surface area contributed by atoms with Gasteiger partial charge in [0.25, 0.3) is 0 Å². The molecule has 0 saturated carbocycles. The van der Waals surface area contributed by atoms with Gasteiger partial charge in [-0.1, -0.05) is 43.0 Å². The third-order valence-electron chi connectivity index (χ3n) is 1.86. The molecule has 1 N–H and O–H groups in total. The molecule has 88 valence electrons. The molecule has 0 aliphatic rings. The van der Waals surface area contributed by atoms with E-state index in [-0.39, 0.29) is 0 Å². The first-order valence-corrected chi connectivity index (χ1v) is 5.23. The van der Waals surface area contributed by atoms with E-state index in [2.05, 4.69) is 35.3 Å². The first-order valence-electron chi connectivity index (χ1n) is 5.23. The van der Waals surface area contributed by atoms with Crippen molar-refractivity contribution in [3.05, 3.63) is 55.1 Å². The molecular weight excluding hydrogens is 198 g/mol. The number of hydrogen-bond donors (Lipinski definition) is 1. The quantitative estimate of drug-likeness (QED) is 0.769. The lowest BCUT2D eigenvalue weighted by atomic mass is 10.1. The largest absolute Gasteiger partial charge is 0.381 e. The van der Waals surface area contributed by atoms with Crippen LogP contribution >= 0.6 is 0 Å². The second kappa shape index (κ2) is 10.1. The first kappa shape index (κ1) is 14.6. The van der Waals surface area contributed by atoms with Crippen molar-refractivity contribution in [2.24, 2.45) is 0 Å². The Morgan fingerprint density at radius 3 is 2.38 bits per heavy atom. The summed E-state index contributed by atoms with van der Waals surface area (Å²) in [4.78, 5) is 0. The number of rotatable bonds is 5. The zero-order valence-corrected chi connectivity index (χ0v) is 10.2. The van der Waals surface area contributed by atoms with Gasteiger partial charge in [-0.15, -0.1) is 6.58 Å². The van der Waals surface area contributed by atoms with E-state index in [9.17, 15) is 0 Å². The Kier molecular flexibility index (Phi) is 9.27. The monoisotopic (exact) mass is 219 g/mol. The topological polar surface area (TPSA) is 21.3 Å².